The maximum absolute atomic E-state index is 11.6. The fourth-order valence-electron chi connectivity index (χ4n) is 1.65. The van der Waals surface area contributed by atoms with Gasteiger partial charge in [-0.15, -0.1) is 0 Å². The Bertz CT molecular complexity index is 435. The minimum Gasteiger partial charge on any atom is -0.493 e. The minimum atomic E-state index is 0.0349. The van der Waals surface area contributed by atoms with E-state index in [1.165, 1.54) is 0 Å². The van der Waals surface area contributed by atoms with Gasteiger partial charge in [0.05, 0.1) is 14.2 Å². The number of ether oxygens (including phenoxy) is 2. The molecule has 0 saturated carbocycles. The first kappa shape index (κ1) is 15.6. The van der Waals surface area contributed by atoms with Gasteiger partial charge in [-0.05, 0) is 18.1 Å². The predicted molar refractivity (Wildman–Crippen MR) is 75.9 cm³/mol. The van der Waals surface area contributed by atoms with Gasteiger partial charge >= 0.3 is 0 Å². The van der Waals surface area contributed by atoms with E-state index in [4.69, 9.17) is 21.1 Å². The highest BCUT2D eigenvalue weighted by Crippen LogP contribution is 2.32. The number of amides is 1. The van der Waals surface area contributed by atoms with Crippen molar-refractivity contribution in [2.75, 3.05) is 14.2 Å². The zero-order valence-electron chi connectivity index (χ0n) is 11.6. The van der Waals surface area contributed by atoms with E-state index < -0.39 is 0 Å². The molecule has 4 nitrogen and oxygen atoms in total. The lowest BCUT2D eigenvalue weighted by Gasteiger charge is -2.12. The molecule has 0 unspecified atom stereocenters. The van der Waals surface area contributed by atoms with Crippen molar-refractivity contribution in [3.63, 3.8) is 0 Å². The summed E-state index contributed by atoms with van der Waals surface area (Å²) < 4.78 is 10.4. The summed E-state index contributed by atoms with van der Waals surface area (Å²) in [7, 11) is 3.12. The smallest absolute Gasteiger partial charge is 0.220 e. The molecule has 0 bridgehead atoms. The average Bonchev–Trinajstić information content (AvgIpc) is 2.43. The van der Waals surface area contributed by atoms with Crippen LogP contribution in [0, 0.1) is 0 Å². The molecule has 0 radical (unpaired) electrons. The van der Waals surface area contributed by atoms with Crippen LogP contribution in [0.15, 0.2) is 12.1 Å². The van der Waals surface area contributed by atoms with Gasteiger partial charge in [0.1, 0.15) is 0 Å². The Hall–Kier alpha value is -1.42. The minimum absolute atomic E-state index is 0.0349. The summed E-state index contributed by atoms with van der Waals surface area (Å²) in [5, 5.41) is 3.39. The van der Waals surface area contributed by atoms with Crippen molar-refractivity contribution in [2.24, 2.45) is 0 Å². The van der Waals surface area contributed by atoms with Crippen molar-refractivity contribution in [3.8, 4) is 11.5 Å². The predicted octanol–water partition coefficient (Wildman–Crippen LogP) is 3.16. The number of hydrogen-bond acceptors (Lipinski definition) is 3. The lowest BCUT2D eigenvalue weighted by atomic mass is 10.2. The van der Waals surface area contributed by atoms with Gasteiger partial charge in [0.25, 0.3) is 0 Å². The highest BCUT2D eigenvalue weighted by Gasteiger charge is 2.10. The molecule has 19 heavy (non-hydrogen) atoms. The molecule has 1 rings (SSSR count). The zero-order valence-corrected chi connectivity index (χ0v) is 12.3. The summed E-state index contributed by atoms with van der Waals surface area (Å²) in [4.78, 5) is 11.6. The van der Waals surface area contributed by atoms with Gasteiger partial charge < -0.3 is 14.8 Å². The number of benzene rings is 1. The fraction of sp³-hybridized carbons (Fsp3) is 0.500. The second-order valence-electron chi connectivity index (χ2n) is 4.18. The maximum atomic E-state index is 11.6. The Morgan fingerprint density at radius 2 is 1.89 bits per heavy atom. The van der Waals surface area contributed by atoms with Crippen LogP contribution in [0.4, 0.5) is 0 Å². The number of nitrogens with one attached hydrogen (secondary N) is 1. The second-order valence-corrected chi connectivity index (χ2v) is 4.59. The molecule has 0 heterocycles. The summed E-state index contributed by atoms with van der Waals surface area (Å²) in [6, 6.07) is 3.47. The van der Waals surface area contributed by atoms with Crippen molar-refractivity contribution in [3.05, 3.63) is 22.7 Å². The summed E-state index contributed by atoms with van der Waals surface area (Å²) in [5.74, 6) is 1.21. The molecule has 1 amide bonds. The molecule has 1 aromatic rings. The summed E-state index contributed by atoms with van der Waals surface area (Å²) in [5.41, 5.74) is 0.809. The van der Waals surface area contributed by atoms with E-state index in [1.807, 2.05) is 0 Å². The lowest BCUT2D eigenvalue weighted by Crippen LogP contribution is -2.22. The number of methoxy groups -OCH3 is 2. The van der Waals surface area contributed by atoms with E-state index in [-0.39, 0.29) is 5.91 Å². The fourth-order valence-corrected chi connectivity index (χ4v) is 1.87. The van der Waals surface area contributed by atoms with Gasteiger partial charge in [-0.25, -0.2) is 0 Å². The molecular formula is C14H20ClNO3. The standard InChI is InChI=1S/C14H20ClNO3/c1-4-5-6-14(17)16-9-10-7-12(18-2)13(19-3)8-11(10)15/h7-8H,4-6,9H2,1-3H3,(H,16,17). The Kier molecular flexibility index (Phi) is 6.50. The van der Waals surface area contributed by atoms with Crippen LogP contribution in [0.2, 0.25) is 5.02 Å². The van der Waals surface area contributed by atoms with Crippen LogP contribution in [0.3, 0.4) is 0 Å². The third kappa shape index (κ3) is 4.63. The van der Waals surface area contributed by atoms with E-state index in [1.54, 1.807) is 26.4 Å². The van der Waals surface area contributed by atoms with Crippen LogP contribution in [0.1, 0.15) is 31.7 Å². The number of carbonyl (C=O) groups is 1. The third-order valence-electron chi connectivity index (χ3n) is 2.79. The number of carbonyl (C=O) groups excluding carboxylic acids is 1. The molecule has 5 heteroatoms. The van der Waals surface area contributed by atoms with Gasteiger partial charge in [0.2, 0.25) is 5.91 Å². The quantitative estimate of drug-likeness (QED) is 0.837. The van der Waals surface area contributed by atoms with Crippen molar-refractivity contribution in [1.29, 1.82) is 0 Å². The second kappa shape index (κ2) is 7.89. The van der Waals surface area contributed by atoms with Crippen LogP contribution >= 0.6 is 11.6 Å². The Balaban J connectivity index is 2.70. The van der Waals surface area contributed by atoms with E-state index >= 15 is 0 Å². The average molecular weight is 286 g/mol. The maximum Gasteiger partial charge on any atom is 0.220 e. The molecule has 0 spiro atoms. The summed E-state index contributed by atoms with van der Waals surface area (Å²) in [6.45, 7) is 2.44. The molecule has 1 aromatic carbocycles. The van der Waals surface area contributed by atoms with Crippen molar-refractivity contribution < 1.29 is 14.3 Å². The van der Waals surface area contributed by atoms with Crippen LogP contribution < -0.4 is 14.8 Å². The number of unbranched alkanes of at least 4 members (excludes halogenated alkanes) is 1. The van der Waals surface area contributed by atoms with Crippen LogP contribution in [0.25, 0.3) is 0 Å². The van der Waals surface area contributed by atoms with Gasteiger partial charge in [-0.1, -0.05) is 24.9 Å². The van der Waals surface area contributed by atoms with Crippen molar-refractivity contribution in [1.82, 2.24) is 5.32 Å². The first-order valence-corrected chi connectivity index (χ1v) is 6.67. The molecule has 0 aliphatic carbocycles. The van der Waals surface area contributed by atoms with Crippen LogP contribution in [-0.4, -0.2) is 20.1 Å². The van der Waals surface area contributed by atoms with Crippen LogP contribution in [0.5, 0.6) is 11.5 Å². The highest BCUT2D eigenvalue weighted by atomic mass is 35.5. The largest absolute Gasteiger partial charge is 0.493 e. The molecule has 0 aliphatic rings. The van der Waals surface area contributed by atoms with Crippen molar-refractivity contribution in [2.45, 2.75) is 32.7 Å². The Morgan fingerprint density at radius 1 is 1.26 bits per heavy atom. The molecular weight excluding hydrogens is 266 g/mol. The zero-order chi connectivity index (χ0) is 14.3. The number of rotatable bonds is 7. The molecule has 0 fully saturated rings. The molecule has 106 valence electrons. The number of hydrogen-bond donors (Lipinski definition) is 1. The monoisotopic (exact) mass is 285 g/mol. The summed E-state index contributed by atoms with van der Waals surface area (Å²) in [6.07, 6.45) is 2.44. The van der Waals surface area contributed by atoms with Crippen LogP contribution in [-0.2, 0) is 11.3 Å². The lowest BCUT2D eigenvalue weighted by molar-refractivity contribution is -0.121. The third-order valence-corrected chi connectivity index (χ3v) is 3.14. The van der Waals surface area contributed by atoms with Crippen molar-refractivity contribution >= 4 is 17.5 Å². The Morgan fingerprint density at radius 3 is 2.47 bits per heavy atom. The first-order valence-electron chi connectivity index (χ1n) is 6.29. The highest BCUT2D eigenvalue weighted by molar-refractivity contribution is 6.31. The molecule has 1 N–H and O–H groups in total. The van der Waals surface area contributed by atoms with E-state index in [0.29, 0.717) is 29.5 Å². The molecule has 0 saturated heterocycles. The summed E-state index contributed by atoms with van der Waals surface area (Å²) >= 11 is 6.14. The normalized spacial score (nSPS) is 10.1. The topological polar surface area (TPSA) is 47.6 Å². The number of halogens is 1. The first-order chi connectivity index (χ1) is 9.12. The van der Waals surface area contributed by atoms with Gasteiger partial charge in [-0.3, -0.25) is 4.79 Å². The Labute approximate surface area is 119 Å². The molecule has 0 atom stereocenters. The van der Waals surface area contributed by atoms with Gasteiger partial charge in [-0.2, -0.15) is 0 Å². The van der Waals surface area contributed by atoms with E-state index in [2.05, 4.69) is 12.2 Å². The van der Waals surface area contributed by atoms with E-state index in [0.717, 1.165) is 18.4 Å². The van der Waals surface area contributed by atoms with Gasteiger partial charge in [0, 0.05) is 24.1 Å². The molecule has 0 aromatic heterocycles. The van der Waals surface area contributed by atoms with E-state index in [9.17, 15) is 4.79 Å². The van der Waals surface area contributed by atoms with Gasteiger partial charge in [0.15, 0.2) is 11.5 Å². The molecule has 0 aliphatic heterocycles. The SMILES string of the molecule is CCCCC(=O)NCc1cc(OC)c(OC)cc1Cl.